The molecule has 0 radical (unpaired) electrons. The van der Waals surface area contributed by atoms with E-state index >= 15 is 0 Å². The van der Waals surface area contributed by atoms with E-state index in [2.05, 4.69) is 19.5 Å². The number of amides is 1. The number of rotatable bonds is 5. The van der Waals surface area contributed by atoms with Crippen molar-refractivity contribution in [3.63, 3.8) is 0 Å². The van der Waals surface area contributed by atoms with Crippen molar-refractivity contribution < 1.29 is 27.8 Å². The molecule has 0 spiro atoms. The van der Waals surface area contributed by atoms with Crippen LogP contribution in [0.3, 0.4) is 0 Å². The molecule has 1 saturated heterocycles. The van der Waals surface area contributed by atoms with Crippen LogP contribution >= 0.6 is 0 Å². The van der Waals surface area contributed by atoms with Gasteiger partial charge in [0, 0.05) is 69.1 Å². The van der Waals surface area contributed by atoms with Crippen LogP contribution in [0, 0.1) is 0 Å². The van der Waals surface area contributed by atoms with E-state index in [9.17, 15) is 23.1 Å². The molecule has 2 aliphatic rings. The molecule has 5 rings (SSSR count). The van der Waals surface area contributed by atoms with Crippen LogP contribution in [0.25, 0.3) is 0 Å². The van der Waals surface area contributed by atoms with Gasteiger partial charge in [0.05, 0.1) is 5.56 Å². The molecule has 182 valence electrons. The van der Waals surface area contributed by atoms with Crippen molar-refractivity contribution in [3.05, 3.63) is 77.6 Å². The molecule has 2 aliphatic heterocycles. The lowest BCUT2D eigenvalue weighted by Gasteiger charge is -2.37. The number of phenolic OH excluding ortho intramolecular Hbond substituents is 1. The van der Waals surface area contributed by atoms with Crippen LogP contribution in [0.2, 0.25) is 0 Å². The van der Waals surface area contributed by atoms with Gasteiger partial charge in [-0.15, -0.1) is 13.2 Å². The summed E-state index contributed by atoms with van der Waals surface area (Å²) in [4.78, 5) is 23.0. The Hall–Kier alpha value is -3.95. The number of hydrogen-bond acceptors (Lipinski definition) is 6. The predicted molar refractivity (Wildman–Crippen MR) is 123 cm³/mol. The first-order valence-corrected chi connectivity index (χ1v) is 11.2. The van der Waals surface area contributed by atoms with Crippen molar-refractivity contribution in [2.75, 3.05) is 36.0 Å². The molecule has 2 aromatic carbocycles. The second-order valence-corrected chi connectivity index (χ2v) is 8.53. The molecule has 1 N–H and O–H groups in total. The van der Waals surface area contributed by atoms with Crippen molar-refractivity contribution in [3.8, 4) is 11.5 Å². The number of carbonyl (C=O) groups excluding carboxylic acids is 1. The number of aromatic hydroxyl groups is 1. The maximum atomic E-state index is 12.9. The molecule has 3 heterocycles. The molecule has 7 nitrogen and oxygen atoms in total. The number of hydrogen-bond donors (Lipinski definition) is 1. The Morgan fingerprint density at radius 2 is 1.54 bits per heavy atom. The summed E-state index contributed by atoms with van der Waals surface area (Å²) in [7, 11) is 0. The lowest BCUT2D eigenvalue weighted by Crippen LogP contribution is -2.46. The minimum atomic E-state index is -4.75. The molecular formula is C25H23F3N4O3. The van der Waals surface area contributed by atoms with Crippen molar-refractivity contribution in [2.24, 2.45) is 0 Å². The number of aromatic nitrogens is 1. The van der Waals surface area contributed by atoms with E-state index in [0.717, 1.165) is 43.1 Å². The number of ether oxygens (including phenoxy) is 1. The zero-order valence-corrected chi connectivity index (χ0v) is 18.7. The molecule has 1 amide bonds. The van der Waals surface area contributed by atoms with Crippen molar-refractivity contribution >= 4 is 17.3 Å². The normalized spacial score (nSPS) is 16.0. The third kappa shape index (κ3) is 4.96. The highest BCUT2D eigenvalue weighted by Crippen LogP contribution is 2.36. The summed E-state index contributed by atoms with van der Waals surface area (Å²) in [5, 5.41) is 10.7. The Morgan fingerprint density at radius 3 is 2.17 bits per heavy atom. The Kier molecular flexibility index (Phi) is 5.88. The maximum Gasteiger partial charge on any atom is 0.573 e. The number of carbonyl (C=O) groups is 1. The molecular weight excluding hydrogens is 461 g/mol. The lowest BCUT2D eigenvalue weighted by molar-refractivity contribution is -0.274. The molecule has 35 heavy (non-hydrogen) atoms. The molecule has 10 heteroatoms. The minimum Gasteiger partial charge on any atom is -0.507 e. The largest absolute Gasteiger partial charge is 0.573 e. The molecule has 1 aromatic heterocycles. The van der Waals surface area contributed by atoms with Crippen LogP contribution in [0.15, 0.2) is 60.9 Å². The summed E-state index contributed by atoms with van der Waals surface area (Å²) < 4.78 is 41.0. The topological polar surface area (TPSA) is 69.1 Å². The SMILES string of the molecule is O=C1c2c(O)cc(N3CCN(c4ccncc4)CC3)cc2CN1Cc1ccc(OC(F)(F)F)cc1. The summed E-state index contributed by atoms with van der Waals surface area (Å²) in [6, 6.07) is 13.0. The lowest BCUT2D eigenvalue weighted by atomic mass is 10.1. The van der Waals surface area contributed by atoms with Crippen molar-refractivity contribution in [1.82, 2.24) is 9.88 Å². The third-order valence-electron chi connectivity index (χ3n) is 6.25. The van der Waals surface area contributed by atoms with Crippen LogP contribution in [0.1, 0.15) is 21.5 Å². The summed E-state index contributed by atoms with van der Waals surface area (Å²) in [6.07, 6.45) is -1.21. The smallest absolute Gasteiger partial charge is 0.507 e. The average molecular weight is 484 g/mol. The van der Waals surface area contributed by atoms with E-state index < -0.39 is 6.36 Å². The molecule has 0 bridgehead atoms. The number of phenols is 1. The highest BCUT2D eigenvalue weighted by atomic mass is 19.4. The quantitative estimate of drug-likeness (QED) is 0.587. The Bertz CT molecular complexity index is 1210. The van der Waals surface area contributed by atoms with Gasteiger partial charge in [-0.25, -0.2) is 0 Å². The molecule has 0 atom stereocenters. The standard InChI is InChI=1S/C25H23F3N4O3/c26-25(27,28)35-21-3-1-17(2-4-21)15-32-16-18-13-20(14-22(33)23(18)24(32)34)31-11-9-30(10-12-31)19-5-7-29-8-6-19/h1-8,13-14,33H,9-12,15-16H2. The van der Waals surface area contributed by atoms with Crippen LogP contribution in [0.4, 0.5) is 24.5 Å². The number of piperazine rings is 1. The summed E-state index contributed by atoms with van der Waals surface area (Å²) in [6.45, 7) is 3.70. The predicted octanol–water partition coefficient (Wildman–Crippen LogP) is 4.17. The Labute approximate surface area is 200 Å². The summed E-state index contributed by atoms with van der Waals surface area (Å²) in [5.74, 6) is -0.679. The highest BCUT2D eigenvalue weighted by molar-refractivity contribution is 6.01. The monoisotopic (exact) mass is 484 g/mol. The number of alkyl halides is 3. The van der Waals surface area contributed by atoms with Gasteiger partial charge in [-0.1, -0.05) is 12.1 Å². The van der Waals surface area contributed by atoms with Crippen LogP contribution in [-0.4, -0.2) is 53.4 Å². The third-order valence-corrected chi connectivity index (χ3v) is 6.25. The van der Waals surface area contributed by atoms with Crippen LogP contribution < -0.4 is 14.5 Å². The van der Waals surface area contributed by atoms with E-state index in [4.69, 9.17) is 0 Å². The molecule has 0 aliphatic carbocycles. The molecule has 1 fully saturated rings. The fraction of sp³-hybridized carbons (Fsp3) is 0.280. The Morgan fingerprint density at radius 1 is 0.914 bits per heavy atom. The fourth-order valence-electron chi connectivity index (χ4n) is 4.58. The number of benzene rings is 2. The number of fused-ring (bicyclic) bond motifs is 1. The number of anilines is 2. The van der Waals surface area contributed by atoms with Gasteiger partial charge in [-0.05, 0) is 41.5 Å². The average Bonchev–Trinajstić information content (AvgIpc) is 3.15. The van der Waals surface area contributed by atoms with Gasteiger partial charge in [0.2, 0.25) is 0 Å². The first-order chi connectivity index (χ1) is 16.8. The van der Waals surface area contributed by atoms with Crippen LogP contribution in [0.5, 0.6) is 11.5 Å². The summed E-state index contributed by atoms with van der Waals surface area (Å²) >= 11 is 0. The van der Waals surface area contributed by atoms with E-state index in [0.29, 0.717) is 12.1 Å². The van der Waals surface area contributed by atoms with E-state index in [1.54, 1.807) is 23.4 Å². The second-order valence-electron chi connectivity index (χ2n) is 8.53. The second kappa shape index (κ2) is 9.01. The zero-order valence-electron chi connectivity index (χ0n) is 18.7. The van der Waals surface area contributed by atoms with Gasteiger partial charge in [-0.2, -0.15) is 0 Å². The molecule has 3 aromatic rings. The maximum absolute atomic E-state index is 12.9. The first-order valence-electron chi connectivity index (χ1n) is 11.2. The van der Waals surface area contributed by atoms with Gasteiger partial charge in [-0.3, -0.25) is 9.78 Å². The van der Waals surface area contributed by atoms with Gasteiger partial charge < -0.3 is 24.5 Å². The zero-order chi connectivity index (χ0) is 24.6. The van der Waals surface area contributed by atoms with Crippen molar-refractivity contribution in [2.45, 2.75) is 19.5 Å². The number of halogens is 3. The van der Waals surface area contributed by atoms with Gasteiger partial charge in [0.25, 0.3) is 5.91 Å². The fourth-order valence-corrected chi connectivity index (χ4v) is 4.58. The van der Waals surface area contributed by atoms with Gasteiger partial charge in [0.15, 0.2) is 0 Å². The van der Waals surface area contributed by atoms with E-state index in [1.165, 1.54) is 24.3 Å². The van der Waals surface area contributed by atoms with Gasteiger partial charge in [0.1, 0.15) is 11.5 Å². The highest BCUT2D eigenvalue weighted by Gasteiger charge is 2.33. The number of nitrogens with zero attached hydrogens (tertiary/aromatic N) is 4. The number of pyridine rings is 1. The molecule has 0 unspecified atom stereocenters. The van der Waals surface area contributed by atoms with E-state index in [-0.39, 0.29) is 29.5 Å². The van der Waals surface area contributed by atoms with E-state index in [1.807, 2.05) is 18.2 Å². The van der Waals surface area contributed by atoms with Crippen LogP contribution in [-0.2, 0) is 13.1 Å². The summed E-state index contributed by atoms with van der Waals surface area (Å²) in [5.41, 5.74) is 3.65. The minimum absolute atomic E-state index is 0.0597. The first kappa shape index (κ1) is 22.8. The van der Waals surface area contributed by atoms with Gasteiger partial charge >= 0.3 is 6.36 Å². The Balaban J connectivity index is 1.25. The van der Waals surface area contributed by atoms with Crippen molar-refractivity contribution in [1.29, 1.82) is 0 Å². The molecule has 0 saturated carbocycles.